The number of hydroxylamine groups is 2. The van der Waals surface area contributed by atoms with Gasteiger partial charge in [0, 0.05) is 42.9 Å². The van der Waals surface area contributed by atoms with Crippen LogP contribution >= 0.6 is 0 Å². The van der Waals surface area contributed by atoms with E-state index in [0.29, 0.717) is 22.7 Å². The topological polar surface area (TPSA) is 132 Å². The molecule has 2 bridgehead atoms. The van der Waals surface area contributed by atoms with Crippen LogP contribution < -0.4 is 15.0 Å². The summed E-state index contributed by atoms with van der Waals surface area (Å²) in [5.74, 6) is -2.19. The Kier molecular flexibility index (Phi) is 9.02. The van der Waals surface area contributed by atoms with Gasteiger partial charge in [0.2, 0.25) is 5.91 Å². The zero-order chi connectivity index (χ0) is 33.0. The summed E-state index contributed by atoms with van der Waals surface area (Å²) in [6, 6.07) is 6.47. The molecule has 0 spiro atoms. The number of carboxylic acid groups (broad SMARTS) is 1. The van der Waals surface area contributed by atoms with E-state index >= 15 is 4.39 Å². The summed E-state index contributed by atoms with van der Waals surface area (Å²) < 4.78 is 21.4. The minimum Gasteiger partial charge on any atom is -0.496 e. The van der Waals surface area contributed by atoms with Crippen molar-refractivity contribution in [3.05, 3.63) is 58.9 Å². The van der Waals surface area contributed by atoms with Gasteiger partial charge in [-0.1, -0.05) is 32.4 Å². The average Bonchev–Trinajstić information content (AvgIpc) is 3.37. The van der Waals surface area contributed by atoms with E-state index in [1.54, 1.807) is 38.1 Å². The number of aromatic carboxylic acids is 1. The number of halogens is 1. The second-order valence-corrected chi connectivity index (χ2v) is 13.4. The first-order chi connectivity index (χ1) is 21.2. The molecule has 3 aliphatic carbocycles. The molecule has 45 heavy (non-hydrogen) atoms. The molecule has 1 heterocycles. The zero-order valence-corrected chi connectivity index (χ0v) is 26.9. The van der Waals surface area contributed by atoms with Gasteiger partial charge in [-0.3, -0.25) is 9.63 Å². The maximum Gasteiger partial charge on any atom is 0.335 e. The average molecular weight is 626 g/mol. The Morgan fingerprint density at radius 1 is 1.24 bits per heavy atom. The van der Waals surface area contributed by atoms with Gasteiger partial charge in [-0.05, 0) is 66.5 Å². The van der Waals surface area contributed by atoms with E-state index < -0.39 is 42.6 Å². The summed E-state index contributed by atoms with van der Waals surface area (Å²) in [5.41, 5.74) is 3.15. The number of hydrogen-bond donors (Lipinski definition) is 4. The first kappa shape index (κ1) is 32.9. The number of fused-ring (bicyclic) bond motifs is 2. The minimum absolute atomic E-state index is 0.0584. The maximum atomic E-state index is 15.6. The van der Waals surface area contributed by atoms with Crippen molar-refractivity contribution >= 4 is 17.6 Å². The van der Waals surface area contributed by atoms with Crippen LogP contribution in [0.1, 0.15) is 50.0 Å². The van der Waals surface area contributed by atoms with Crippen molar-refractivity contribution in [2.24, 2.45) is 23.2 Å². The number of aliphatic hydroxyl groups excluding tert-OH is 2. The molecule has 1 saturated heterocycles. The van der Waals surface area contributed by atoms with Crippen molar-refractivity contribution < 1.29 is 38.9 Å². The summed E-state index contributed by atoms with van der Waals surface area (Å²) in [7, 11) is 4.98. The molecule has 2 fully saturated rings. The fraction of sp³-hybridized carbons (Fsp3) is 0.529. The number of carbonyl (C=O) groups is 2. The van der Waals surface area contributed by atoms with Crippen molar-refractivity contribution in [1.29, 1.82) is 0 Å². The van der Waals surface area contributed by atoms with Gasteiger partial charge in [0.15, 0.2) is 0 Å². The summed E-state index contributed by atoms with van der Waals surface area (Å²) in [6.45, 7) is 7.43. The van der Waals surface area contributed by atoms with E-state index in [0.717, 1.165) is 6.42 Å². The quantitative estimate of drug-likeness (QED) is 0.291. The van der Waals surface area contributed by atoms with Gasteiger partial charge in [-0.25, -0.2) is 9.18 Å². The number of carbonyl (C=O) groups excluding carboxylic acids is 1. The number of benzene rings is 2. The second-order valence-electron chi connectivity index (χ2n) is 13.4. The van der Waals surface area contributed by atoms with Gasteiger partial charge in [0.05, 0.1) is 31.9 Å². The molecule has 4 aliphatic rings. The lowest BCUT2D eigenvalue weighted by atomic mass is 9.52. The number of allylic oxidation sites excluding steroid dienone is 1. The first-order valence-electron chi connectivity index (χ1n) is 15.3. The van der Waals surface area contributed by atoms with Crippen LogP contribution in [-0.4, -0.2) is 84.4 Å². The van der Waals surface area contributed by atoms with Gasteiger partial charge in [-0.2, -0.15) is 5.06 Å². The molecule has 4 N–H and O–H groups in total. The maximum absolute atomic E-state index is 15.6. The van der Waals surface area contributed by atoms with Crippen LogP contribution in [-0.2, 0) is 16.2 Å². The lowest BCUT2D eigenvalue weighted by Gasteiger charge is -2.55. The van der Waals surface area contributed by atoms with E-state index in [-0.39, 0.29) is 46.7 Å². The molecule has 6 rings (SSSR count). The molecule has 1 aliphatic heterocycles. The number of methoxy groups -OCH3 is 1. The summed E-state index contributed by atoms with van der Waals surface area (Å²) in [4.78, 5) is 33.7. The van der Waals surface area contributed by atoms with Crippen LogP contribution in [0, 0.1) is 29.0 Å². The largest absolute Gasteiger partial charge is 0.496 e. The molecule has 10 nitrogen and oxygen atoms in total. The lowest BCUT2D eigenvalue weighted by Crippen LogP contribution is -2.58. The summed E-state index contributed by atoms with van der Waals surface area (Å²) >= 11 is 0. The smallest absolute Gasteiger partial charge is 0.335 e. The van der Waals surface area contributed by atoms with Crippen molar-refractivity contribution in [3.8, 4) is 16.9 Å². The molecular formula is C34H44FN3O7. The minimum atomic E-state index is -1.11. The molecule has 0 aromatic heterocycles. The van der Waals surface area contributed by atoms with Crippen LogP contribution in [0.25, 0.3) is 11.1 Å². The first-order valence-corrected chi connectivity index (χ1v) is 15.3. The molecular weight excluding hydrogens is 581 g/mol. The molecule has 0 unspecified atom stereocenters. The molecule has 7 atom stereocenters. The molecule has 244 valence electrons. The zero-order valence-electron chi connectivity index (χ0n) is 26.9. The number of nitrogens with one attached hydrogen (secondary N) is 1. The number of hydrogen-bond acceptors (Lipinski definition) is 8. The number of nitrogens with zero attached hydrogens (tertiary/aromatic N) is 2. The van der Waals surface area contributed by atoms with Crippen LogP contribution in [0.3, 0.4) is 0 Å². The highest BCUT2D eigenvalue weighted by Crippen LogP contribution is 2.56. The third-order valence-electron chi connectivity index (χ3n) is 10.1. The predicted octanol–water partition coefficient (Wildman–Crippen LogP) is 3.85. The highest BCUT2D eigenvalue weighted by Gasteiger charge is 2.53. The fourth-order valence-electron chi connectivity index (χ4n) is 7.41. The lowest BCUT2D eigenvalue weighted by molar-refractivity contribution is -0.182. The van der Waals surface area contributed by atoms with Gasteiger partial charge in [0.1, 0.15) is 23.7 Å². The van der Waals surface area contributed by atoms with E-state index in [9.17, 15) is 24.9 Å². The standard InChI is InChI=1S/C34H44FN3O7/c1-17-25-13-21(34(25,3)4)14-27(17)36-32(41)30-29(18(2)40)28(16-39)45-38(30)15-24-26(35)9-8-23(31(24)44-7)19-10-20(33(42)43)12-22(11-19)37(5)6/h8-13,17-18,25,27-30,39-40H,14-16H2,1-7H3,(H,36,41)(H,42,43)/t17-,18-,25-,27-,28-,29+,30-/m0/s1. The van der Waals surface area contributed by atoms with Gasteiger partial charge in [0.25, 0.3) is 0 Å². The summed E-state index contributed by atoms with van der Waals surface area (Å²) in [5, 5.41) is 35.2. The van der Waals surface area contributed by atoms with Crippen LogP contribution in [0.5, 0.6) is 5.75 Å². The fourth-order valence-corrected chi connectivity index (χ4v) is 7.41. The number of rotatable bonds is 10. The molecule has 2 aromatic rings. The molecule has 1 saturated carbocycles. The van der Waals surface area contributed by atoms with E-state index in [1.165, 1.54) is 35.9 Å². The molecule has 1 amide bonds. The predicted molar refractivity (Wildman–Crippen MR) is 167 cm³/mol. The Morgan fingerprint density at radius 2 is 1.96 bits per heavy atom. The number of ether oxygens (including phenoxy) is 1. The molecule has 11 heteroatoms. The number of anilines is 1. The van der Waals surface area contributed by atoms with Gasteiger partial charge >= 0.3 is 5.97 Å². The third kappa shape index (κ3) is 5.82. The number of aliphatic hydroxyl groups is 2. The Bertz CT molecular complexity index is 1510. The third-order valence-corrected chi connectivity index (χ3v) is 10.1. The van der Waals surface area contributed by atoms with E-state index in [2.05, 4.69) is 32.2 Å². The van der Waals surface area contributed by atoms with Crippen molar-refractivity contribution in [2.45, 2.75) is 65.0 Å². The van der Waals surface area contributed by atoms with Gasteiger partial charge < -0.3 is 30.3 Å². The van der Waals surface area contributed by atoms with E-state index in [4.69, 9.17) is 9.57 Å². The van der Waals surface area contributed by atoms with Crippen LogP contribution in [0.2, 0.25) is 0 Å². The van der Waals surface area contributed by atoms with Gasteiger partial charge in [-0.15, -0.1) is 0 Å². The Morgan fingerprint density at radius 3 is 2.51 bits per heavy atom. The van der Waals surface area contributed by atoms with Crippen molar-refractivity contribution in [3.63, 3.8) is 0 Å². The number of amides is 1. The highest BCUT2D eigenvalue weighted by molar-refractivity contribution is 5.92. The highest BCUT2D eigenvalue weighted by atomic mass is 19.1. The van der Waals surface area contributed by atoms with E-state index in [1.807, 2.05) is 0 Å². The monoisotopic (exact) mass is 625 g/mol. The Labute approximate surface area is 263 Å². The summed E-state index contributed by atoms with van der Waals surface area (Å²) in [6.07, 6.45) is 1.10. The molecule has 0 radical (unpaired) electrons. The van der Waals surface area contributed by atoms with Crippen molar-refractivity contribution in [2.75, 3.05) is 32.7 Å². The molecule has 2 aromatic carbocycles. The SMILES string of the molecule is COc1c(-c2cc(C(=O)O)cc(N(C)C)c2)ccc(F)c1CN1O[C@@H](CO)[C@@H]([C@H](C)O)[C@H]1C(=O)N[C@H]1CC2=C[C@@H]([C@@H]1C)C2(C)C. The second kappa shape index (κ2) is 12.4. The number of carboxylic acids is 1. The van der Waals surface area contributed by atoms with Crippen LogP contribution in [0.15, 0.2) is 42.0 Å². The Hall–Kier alpha value is -3.51. The van der Waals surface area contributed by atoms with Crippen molar-refractivity contribution in [1.82, 2.24) is 10.4 Å². The Balaban J connectivity index is 1.50. The van der Waals surface area contributed by atoms with Crippen LogP contribution in [0.4, 0.5) is 10.1 Å². The normalized spacial score (nSPS) is 27.7.